The van der Waals surface area contributed by atoms with Crippen molar-refractivity contribution in [1.82, 2.24) is 29.7 Å². The molecule has 3 aromatic heterocycles. The molecular formula is C22H18F6N6O. The Kier molecular flexibility index (Phi) is 6.26. The summed E-state index contributed by atoms with van der Waals surface area (Å²) in [7, 11) is 0. The lowest BCUT2D eigenvalue weighted by molar-refractivity contribution is -0.291. The minimum atomic E-state index is -5.93. The van der Waals surface area contributed by atoms with Crippen molar-refractivity contribution in [3.63, 3.8) is 0 Å². The molecule has 1 N–H and O–H groups in total. The lowest BCUT2D eigenvalue weighted by Crippen LogP contribution is -2.36. The minimum Gasteiger partial charge on any atom is -0.351 e. The van der Waals surface area contributed by atoms with Gasteiger partial charge in [-0.2, -0.15) is 32.1 Å². The molecule has 35 heavy (non-hydrogen) atoms. The molecule has 0 radical (unpaired) electrons. The quantitative estimate of drug-likeness (QED) is 0.302. The number of aryl methyl sites for hydroxylation is 2. The average Bonchev–Trinajstić information content (AvgIpc) is 3.41. The summed E-state index contributed by atoms with van der Waals surface area (Å²) in [6, 6.07) is 5.94. The molecule has 7 nitrogen and oxygen atoms in total. The van der Waals surface area contributed by atoms with Gasteiger partial charge in [0.05, 0.1) is 11.9 Å². The first kappa shape index (κ1) is 24.2. The van der Waals surface area contributed by atoms with E-state index in [-0.39, 0.29) is 23.5 Å². The number of nitrogens with zero attached hydrogens (tertiary/aromatic N) is 5. The molecule has 0 aliphatic carbocycles. The Morgan fingerprint density at radius 2 is 1.80 bits per heavy atom. The van der Waals surface area contributed by atoms with Crippen LogP contribution < -0.4 is 5.32 Å². The predicted molar refractivity (Wildman–Crippen MR) is 112 cm³/mol. The van der Waals surface area contributed by atoms with Crippen molar-refractivity contribution in [2.45, 2.75) is 32.0 Å². The zero-order chi connectivity index (χ0) is 25.4. The van der Waals surface area contributed by atoms with E-state index < -0.39 is 35.2 Å². The predicted octanol–water partition coefficient (Wildman–Crippen LogP) is 4.51. The molecule has 1 aromatic carbocycles. The van der Waals surface area contributed by atoms with E-state index in [1.54, 1.807) is 10.9 Å². The summed E-state index contributed by atoms with van der Waals surface area (Å²) in [6.45, 7) is 2.57. The molecule has 0 bridgehead atoms. The average molecular weight is 496 g/mol. The summed E-state index contributed by atoms with van der Waals surface area (Å²) in [6.07, 6.45) is -1.95. The number of aromatic nitrogens is 5. The van der Waals surface area contributed by atoms with Gasteiger partial charge in [0.1, 0.15) is 11.5 Å². The van der Waals surface area contributed by atoms with E-state index in [0.717, 1.165) is 23.8 Å². The van der Waals surface area contributed by atoms with Crippen molar-refractivity contribution in [2.24, 2.45) is 0 Å². The molecular weight excluding hydrogens is 478 g/mol. The van der Waals surface area contributed by atoms with Gasteiger partial charge in [-0.3, -0.25) is 9.48 Å². The molecule has 0 aliphatic rings. The molecule has 0 spiro atoms. The van der Waals surface area contributed by atoms with E-state index in [1.807, 2.05) is 13.1 Å². The maximum absolute atomic E-state index is 14.4. The number of fused-ring (bicyclic) bond motifs is 1. The Morgan fingerprint density at radius 1 is 1.09 bits per heavy atom. The number of hydrogen-bond donors (Lipinski definition) is 1. The molecule has 1 amide bonds. The van der Waals surface area contributed by atoms with E-state index in [4.69, 9.17) is 0 Å². The summed E-state index contributed by atoms with van der Waals surface area (Å²) >= 11 is 0. The van der Waals surface area contributed by atoms with Crippen molar-refractivity contribution < 1.29 is 31.1 Å². The van der Waals surface area contributed by atoms with Crippen LogP contribution in [0.2, 0.25) is 0 Å². The third-order valence-corrected chi connectivity index (χ3v) is 5.09. The number of alkyl halides is 5. The number of nitrogens with one attached hydrogen (secondary N) is 1. The maximum Gasteiger partial charge on any atom is 0.459 e. The van der Waals surface area contributed by atoms with Crippen molar-refractivity contribution >= 4 is 11.6 Å². The fourth-order valence-corrected chi connectivity index (χ4v) is 3.35. The molecule has 0 saturated carbocycles. The standard InChI is InChI=1S/C22H18F6N6O/c1-13-11-30-33(12-13)8-2-7-29-20(35)17-10-19-31-16(14-3-5-15(23)6-4-14)9-18(34(19)32-17)21(24,25)22(26,27)28/h3-6,9-12H,2,7-8H2,1H3,(H,29,35). The molecule has 0 atom stereocenters. The topological polar surface area (TPSA) is 77.1 Å². The first-order chi connectivity index (χ1) is 16.5. The van der Waals surface area contributed by atoms with Crippen molar-refractivity contribution in [1.29, 1.82) is 0 Å². The second-order valence-electron chi connectivity index (χ2n) is 7.80. The van der Waals surface area contributed by atoms with E-state index in [2.05, 4.69) is 20.5 Å². The highest BCUT2D eigenvalue weighted by Gasteiger charge is 2.60. The van der Waals surface area contributed by atoms with Crippen LogP contribution in [0.4, 0.5) is 26.3 Å². The fraction of sp³-hybridized carbons (Fsp3) is 0.273. The first-order valence-electron chi connectivity index (χ1n) is 10.3. The highest BCUT2D eigenvalue weighted by Crippen LogP contribution is 2.44. The molecule has 0 aliphatic heterocycles. The highest BCUT2D eigenvalue weighted by atomic mass is 19.4. The van der Waals surface area contributed by atoms with Crippen LogP contribution in [0.1, 0.15) is 28.2 Å². The van der Waals surface area contributed by atoms with Gasteiger partial charge < -0.3 is 5.32 Å². The monoisotopic (exact) mass is 496 g/mol. The van der Waals surface area contributed by atoms with Gasteiger partial charge in [0.15, 0.2) is 11.3 Å². The van der Waals surface area contributed by atoms with E-state index in [9.17, 15) is 31.1 Å². The Balaban J connectivity index is 1.64. The Morgan fingerprint density at radius 3 is 2.43 bits per heavy atom. The SMILES string of the molecule is Cc1cnn(CCCNC(=O)c2cc3nc(-c4ccc(F)cc4)cc(C(F)(F)C(F)(F)F)n3n2)c1. The van der Waals surface area contributed by atoms with Crippen molar-refractivity contribution in [3.05, 3.63) is 71.6 Å². The number of amides is 1. The number of carbonyl (C=O) groups is 1. The lowest BCUT2D eigenvalue weighted by Gasteiger charge is -2.21. The van der Waals surface area contributed by atoms with Crippen LogP contribution in [0.5, 0.6) is 0 Å². The Labute approximate surface area is 194 Å². The zero-order valence-corrected chi connectivity index (χ0v) is 18.2. The molecule has 4 rings (SSSR count). The van der Waals surface area contributed by atoms with Gasteiger partial charge in [-0.15, -0.1) is 0 Å². The van der Waals surface area contributed by atoms with Crippen LogP contribution >= 0.6 is 0 Å². The van der Waals surface area contributed by atoms with Gasteiger partial charge >= 0.3 is 12.1 Å². The molecule has 0 unspecified atom stereocenters. The second-order valence-corrected chi connectivity index (χ2v) is 7.80. The zero-order valence-electron chi connectivity index (χ0n) is 18.2. The molecule has 0 saturated heterocycles. The summed E-state index contributed by atoms with van der Waals surface area (Å²) in [4.78, 5) is 16.6. The summed E-state index contributed by atoms with van der Waals surface area (Å²) in [5.41, 5.74) is -1.50. The van der Waals surface area contributed by atoms with E-state index in [0.29, 0.717) is 23.5 Å². The fourth-order valence-electron chi connectivity index (χ4n) is 3.35. The first-order valence-corrected chi connectivity index (χ1v) is 10.3. The normalized spacial score (nSPS) is 12.3. The van der Waals surface area contributed by atoms with Gasteiger partial charge in [-0.1, -0.05) is 0 Å². The van der Waals surface area contributed by atoms with Crippen LogP contribution in [0.15, 0.2) is 48.8 Å². The molecule has 3 heterocycles. The van der Waals surface area contributed by atoms with Gasteiger partial charge in [0, 0.05) is 30.9 Å². The van der Waals surface area contributed by atoms with Gasteiger partial charge in [-0.05, 0) is 49.2 Å². The molecule has 13 heteroatoms. The summed E-state index contributed by atoms with van der Waals surface area (Å²) < 4.78 is 83.6. The largest absolute Gasteiger partial charge is 0.459 e. The summed E-state index contributed by atoms with van der Waals surface area (Å²) in [5, 5.41) is 10.3. The second kappa shape index (κ2) is 9.04. The number of halogens is 6. The van der Waals surface area contributed by atoms with Crippen molar-refractivity contribution in [2.75, 3.05) is 6.54 Å². The summed E-state index contributed by atoms with van der Waals surface area (Å²) in [5.74, 6) is -6.69. The van der Waals surface area contributed by atoms with Crippen LogP contribution in [0.3, 0.4) is 0 Å². The number of carbonyl (C=O) groups excluding carboxylic acids is 1. The lowest BCUT2D eigenvalue weighted by atomic mass is 10.1. The molecule has 184 valence electrons. The van der Waals surface area contributed by atoms with Gasteiger partial charge in [0.2, 0.25) is 0 Å². The smallest absolute Gasteiger partial charge is 0.351 e. The molecule has 0 fully saturated rings. The van der Waals surface area contributed by atoms with E-state index in [1.165, 1.54) is 12.1 Å². The maximum atomic E-state index is 14.4. The van der Waals surface area contributed by atoms with Crippen LogP contribution in [0, 0.1) is 12.7 Å². The number of rotatable bonds is 7. The van der Waals surface area contributed by atoms with Gasteiger partial charge in [0.25, 0.3) is 5.91 Å². The number of benzene rings is 1. The third-order valence-electron chi connectivity index (χ3n) is 5.09. The number of hydrogen-bond acceptors (Lipinski definition) is 4. The molecule has 4 aromatic rings. The van der Waals surface area contributed by atoms with Crippen LogP contribution in [0.25, 0.3) is 16.9 Å². The van der Waals surface area contributed by atoms with Crippen LogP contribution in [-0.4, -0.2) is 43.0 Å². The Bertz CT molecular complexity index is 1360. The third kappa shape index (κ3) is 4.98. The highest BCUT2D eigenvalue weighted by molar-refractivity contribution is 5.93. The van der Waals surface area contributed by atoms with Crippen LogP contribution in [-0.2, 0) is 12.5 Å². The van der Waals surface area contributed by atoms with Crippen molar-refractivity contribution in [3.8, 4) is 11.3 Å². The van der Waals surface area contributed by atoms with Gasteiger partial charge in [-0.25, -0.2) is 13.9 Å². The minimum absolute atomic E-state index is 0.106. The van der Waals surface area contributed by atoms with E-state index >= 15 is 0 Å². The Hall–Kier alpha value is -3.90.